The van der Waals surface area contributed by atoms with E-state index in [1.165, 1.54) is 42.4 Å². The molecule has 0 saturated heterocycles. The van der Waals surface area contributed by atoms with E-state index in [4.69, 9.17) is 23.2 Å². The van der Waals surface area contributed by atoms with Crippen LogP contribution < -0.4 is 26.8 Å². The van der Waals surface area contributed by atoms with Gasteiger partial charge in [0.2, 0.25) is 17.6 Å². The molecule has 40 heavy (non-hydrogen) atoms. The number of pyridine rings is 1. The van der Waals surface area contributed by atoms with Crippen LogP contribution in [0.3, 0.4) is 0 Å². The van der Waals surface area contributed by atoms with Gasteiger partial charge in [0.05, 0.1) is 9.90 Å². The van der Waals surface area contributed by atoms with Crippen LogP contribution in [0, 0.1) is 11.8 Å². The number of nitrogens with zero attached hydrogens (tertiary/aromatic N) is 1. The minimum atomic E-state index is -1.30. The summed E-state index contributed by atoms with van der Waals surface area (Å²) < 4.78 is 1.56. The molecule has 4 N–H and O–H groups in total. The second kappa shape index (κ2) is 13.0. The van der Waals surface area contributed by atoms with Gasteiger partial charge in [-0.15, -0.1) is 11.3 Å². The summed E-state index contributed by atoms with van der Waals surface area (Å²) in [5.74, 6) is -2.28. The van der Waals surface area contributed by atoms with Crippen molar-refractivity contribution >= 4 is 69.6 Å². The van der Waals surface area contributed by atoms with Gasteiger partial charge in [0, 0.05) is 25.7 Å². The highest BCUT2D eigenvalue weighted by Gasteiger charge is 2.40. The summed E-state index contributed by atoms with van der Waals surface area (Å²) in [5, 5.41) is 10.2. The molecule has 0 aliphatic heterocycles. The van der Waals surface area contributed by atoms with E-state index in [0.717, 1.165) is 30.6 Å². The molecule has 11 nitrogen and oxygen atoms in total. The average molecular weight is 611 g/mol. The second-order valence-electron chi connectivity index (χ2n) is 10.00. The molecular weight excluding hydrogens is 581 g/mol. The van der Waals surface area contributed by atoms with Crippen LogP contribution in [0.25, 0.3) is 0 Å². The number of likely N-dealkylation sites (N-methyl/N-ethyl adjacent to an activating group) is 1. The number of Topliss-reactive ketones (excluding diaryl/α,β-unsaturated/α-hetero) is 1. The van der Waals surface area contributed by atoms with Crippen molar-refractivity contribution in [2.75, 3.05) is 12.4 Å². The fraction of sp³-hybridized carbons (Fsp3) is 0.462. The minimum absolute atomic E-state index is 0.0376. The van der Waals surface area contributed by atoms with E-state index in [2.05, 4.69) is 21.3 Å². The Morgan fingerprint density at radius 3 is 2.55 bits per heavy atom. The Hall–Kier alpha value is -3.22. The molecule has 2 aliphatic rings. The smallest absolute Gasteiger partial charge is 0.287 e. The van der Waals surface area contributed by atoms with Crippen LogP contribution in [0.1, 0.15) is 48.9 Å². The summed E-state index contributed by atoms with van der Waals surface area (Å²) in [4.78, 5) is 75.4. The Balaban J connectivity index is 1.44. The Labute approximate surface area is 244 Å². The summed E-state index contributed by atoms with van der Waals surface area (Å²) in [6.07, 6.45) is 5.26. The topological polar surface area (TPSA) is 155 Å². The van der Waals surface area contributed by atoms with Crippen molar-refractivity contribution in [1.29, 1.82) is 0 Å². The highest BCUT2D eigenvalue weighted by atomic mass is 35.5. The summed E-state index contributed by atoms with van der Waals surface area (Å²) >= 11 is 13.0. The molecule has 0 aromatic carbocycles. The van der Waals surface area contributed by atoms with Crippen molar-refractivity contribution in [1.82, 2.24) is 20.5 Å². The first-order chi connectivity index (χ1) is 19.0. The van der Waals surface area contributed by atoms with Crippen molar-refractivity contribution in [2.24, 2.45) is 11.8 Å². The highest BCUT2D eigenvalue weighted by Crippen LogP contribution is 2.44. The van der Waals surface area contributed by atoms with E-state index in [1.54, 1.807) is 0 Å². The lowest BCUT2D eigenvalue weighted by molar-refractivity contribution is -0.137. The van der Waals surface area contributed by atoms with Gasteiger partial charge in [0.25, 0.3) is 17.4 Å². The van der Waals surface area contributed by atoms with Crippen LogP contribution in [0.15, 0.2) is 29.2 Å². The molecule has 2 aromatic heterocycles. The van der Waals surface area contributed by atoms with Gasteiger partial charge in [0.15, 0.2) is 0 Å². The van der Waals surface area contributed by atoms with Gasteiger partial charge in [-0.1, -0.05) is 29.6 Å². The summed E-state index contributed by atoms with van der Waals surface area (Å²) in [6.45, 7) is -0.214. The molecule has 2 heterocycles. The zero-order chi connectivity index (χ0) is 29.0. The molecule has 2 bridgehead atoms. The van der Waals surface area contributed by atoms with Gasteiger partial charge in [0.1, 0.15) is 22.6 Å². The van der Waals surface area contributed by atoms with Crippen molar-refractivity contribution in [3.63, 3.8) is 0 Å². The number of ketones is 1. The number of halogens is 2. The maximum Gasteiger partial charge on any atom is 0.287 e. The number of carbonyl (C=O) groups is 5. The number of thiophene rings is 1. The molecule has 2 aromatic rings. The fourth-order valence-corrected chi connectivity index (χ4v) is 6.79. The molecule has 2 aliphatic carbocycles. The Bertz CT molecular complexity index is 1390. The molecule has 4 amide bonds. The van der Waals surface area contributed by atoms with E-state index in [-0.39, 0.29) is 51.3 Å². The lowest BCUT2D eigenvalue weighted by Gasteiger charge is -2.23. The average Bonchev–Trinajstić information content (AvgIpc) is 3.63. The molecule has 214 valence electrons. The number of nitrogens with one attached hydrogen (secondary N) is 4. The quantitative estimate of drug-likeness (QED) is 0.287. The third-order valence-corrected chi connectivity index (χ3v) is 8.83. The first-order valence-corrected chi connectivity index (χ1v) is 14.4. The van der Waals surface area contributed by atoms with Crippen molar-refractivity contribution in [3.05, 3.63) is 49.0 Å². The van der Waals surface area contributed by atoms with Gasteiger partial charge in [-0.25, -0.2) is 0 Å². The van der Waals surface area contributed by atoms with E-state index in [0.29, 0.717) is 11.8 Å². The SMILES string of the molecule is CNC(=O)C(=O)CC[C@H](NC(=O)c1cc(Cl)sc1Cl)C(=O)Nc1cccn(CC(=O)N[C@@H]2C[C@@H]3CC[C@H]2C3)c1=O. The third-order valence-electron chi connectivity index (χ3n) is 7.34. The van der Waals surface area contributed by atoms with Crippen molar-refractivity contribution in [2.45, 2.75) is 57.2 Å². The van der Waals surface area contributed by atoms with Gasteiger partial charge in [-0.3, -0.25) is 28.8 Å². The number of fused-ring (bicyclic) bond motifs is 2. The summed E-state index contributed by atoms with van der Waals surface area (Å²) in [7, 11) is 1.30. The molecule has 4 rings (SSSR count). The molecule has 0 radical (unpaired) electrons. The molecule has 4 atom stereocenters. The highest BCUT2D eigenvalue weighted by molar-refractivity contribution is 7.20. The molecular formula is C26H29Cl2N5O6S. The van der Waals surface area contributed by atoms with Crippen molar-refractivity contribution < 1.29 is 24.0 Å². The predicted octanol–water partition coefficient (Wildman–Crippen LogP) is 2.35. The number of aromatic nitrogens is 1. The zero-order valence-corrected chi connectivity index (χ0v) is 24.0. The Morgan fingerprint density at radius 2 is 1.93 bits per heavy atom. The number of carbonyl (C=O) groups excluding carboxylic acids is 5. The zero-order valence-electron chi connectivity index (χ0n) is 21.6. The molecule has 2 fully saturated rings. The van der Waals surface area contributed by atoms with Gasteiger partial charge in [-0.05, 0) is 55.7 Å². The van der Waals surface area contributed by atoms with Crippen LogP contribution in [0.5, 0.6) is 0 Å². The first-order valence-electron chi connectivity index (χ1n) is 12.9. The molecule has 0 spiro atoms. The third kappa shape index (κ3) is 7.10. The maximum absolute atomic E-state index is 13.2. The number of rotatable bonds is 11. The fourth-order valence-electron chi connectivity index (χ4n) is 5.33. The number of hydrogen-bond acceptors (Lipinski definition) is 7. The standard InChI is InChI=1S/C26H29Cl2N5O6S/c1-29-25(38)19(34)7-6-16(31-23(36)15-11-20(27)40-22(15)28)24(37)32-17-3-2-8-33(26(17)39)12-21(35)30-18-10-13-4-5-14(18)9-13/h2-3,8,11,13-14,16,18H,4-7,9-10,12H2,1H3,(H,29,38)(H,30,35)(H,31,36)(H,32,37)/t13-,14+,16+,18-/m1/s1. The Morgan fingerprint density at radius 1 is 1.15 bits per heavy atom. The molecule has 14 heteroatoms. The monoisotopic (exact) mass is 609 g/mol. The summed E-state index contributed by atoms with van der Waals surface area (Å²) in [6, 6.07) is 3.04. The van der Waals surface area contributed by atoms with Crippen LogP contribution in [-0.4, -0.2) is 53.1 Å². The van der Waals surface area contributed by atoms with Gasteiger partial charge in [-0.2, -0.15) is 0 Å². The van der Waals surface area contributed by atoms with E-state index >= 15 is 0 Å². The normalized spacial score (nSPS) is 20.0. The van der Waals surface area contributed by atoms with E-state index < -0.39 is 35.1 Å². The van der Waals surface area contributed by atoms with Gasteiger partial charge >= 0.3 is 0 Å². The number of anilines is 1. The van der Waals surface area contributed by atoms with E-state index in [1.807, 2.05) is 0 Å². The first kappa shape index (κ1) is 29.8. The second-order valence-corrected chi connectivity index (χ2v) is 12.3. The number of hydrogen-bond donors (Lipinski definition) is 4. The predicted molar refractivity (Wildman–Crippen MR) is 151 cm³/mol. The van der Waals surface area contributed by atoms with E-state index in [9.17, 15) is 28.8 Å². The van der Waals surface area contributed by atoms with Crippen LogP contribution >= 0.6 is 34.5 Å². The van der Waals surface area contributed by atoms with Gasteiger partial charge < -0.3 is 25.8 Å². The maximum atomic E-state index is 13.2. The summed E-state index contributed by atoms with van der Waals surface area (Å²) in [5.41, 5.74) is -0.692. The molecule has 2 saturated carbocycles. The lowest BCUT2D eigenvalue weighted by atomic mass is 9.95. The van der Waals surface area contributed by atoms with Crippen LogP contribution in [-0.2, 0) is 25.7 Å². The molecule has 0 unspecified atom stereocenters. The largest absolute Gasteiger partial charge is 0.353 e. The number of amides is 4. The Kier molecular flexibility index (Phi) is 9.64. The lowest BCUT2D eigenvalue weighted by Crippen LogP contribution is -2.45. The van der Waals surface area contributed by atoms with Crippen molar-refractivity contribution in [3.8, 4) is 0 Å². The van der Waals surface area contributed by atoms with Crippen LogP contribution in [0.4, 0.5) is 5.69 Å². The minimum Gasteiger partial charge on any atom is -0.353 e. The van der Waals surface area contributed by atoms with Crippen LogP contribution in [0.2, 0.25) is 8.67 Å².